The first-order chi connectivity index (χ1) is 13.9. The summed E-state index contributed by atoms with van der Waals surface area (Å²) in [4.78, 5) is 11.9. The van der Waals surface area contributed by atoms with Gasteiger partial charge in [0, 0.05) is 6.42 Å². The van der Waals surface area contributed by atoms with E-state index < -0.39 is 20.5 Å². The van der Waals surface area contributed by atoms with Crippen molar-refractivity contribution in [2.75, 3.05) is 18.6 Å². The molecule has 1 saturated heterocycles. The van der Waals surface area contributed by atoms with Crippen molar-refractivity contribution in [3.8, 4) is 17.2 Å². The average molecular weight is 438 g/mol. The molecule has 3 rings (SSSR count). The minimum Gasteiger partial charge on any atom is -0.497 e. The quantitative estimate of drug-likeness (QED) is 0.505. The van der Waals surface area contributed by atoms with Gasteiger partial charge in [0.15, 0.2) is 9.84 Å². The maximum absolute atomic E-state index is 13.4. The van der Waals surface area contributed by atoms with Gasteiger partial charge >= 0.3 is 0 Å². The van der Waals surface area contributed by atoms with Crippen LogP contribution in [0.5, 0.6) is 17.2 Å². The first kappa shape index (κ1) is 21.5. The van der Waals surface area contributed by atoms with E-state index in [0.717, 1.165) is 0 Å². The van der Waals surface area contributed by atoms with Crippen molar-refractivity contribution >= 4 is 27.5 Å². The van der Waals surface area contributed by atoms with Crippen molar-refractivity contribution in [3.63, 3.8) is 0 Å². The fourth-order valence-electron chi connectivity index (χ4n) is 3.33. The van der Waals surface area contributed by atoms with E-state index in [1.165, 1.54) is 12.1 Å². The van der Waals surface area contributed by atoms with Crippen molar-refractivity contribution in [2.24, 2.45) is 0 Å². The number of methoxy groups -OCH3 is 1. The second-order valence-electron chi connectivity index (χ2n) is 6.76. The van der Waals surface area contributed by atoms with Crippen LogP contribution >= 0.6 is 11.8 Å². The van der Waals surface area contributed by atoms with Crippen molar-refractivity contribution in [2.45, 2.75) is 28.9 Å². The molecule has 1 fully saturated rings. The number of rotatable bonds is 7. The van der Waals surface area contributed by atoms with Gasteiger partial charge in [-0.2, -0.15) is 11.8 Å². The Balaban J connectivity index is 1.83. The lowest BCUT2D eigenvalue weighted by Gasteiger charge is -2.35. The topological polar surface area (TPSA) is 102 Å². The average Bonchev–Trinajstić information content (AvgIpc) is 2.75. The predicted molar refractivity (Wildman–Crippen MR) is 111 cm³/mol. The van der Waals surface area contributed by atoms with Gasteiger partial charge in [0.05, 0.1) is 16.8 Å². The summed E-state index contributed by atoms with van der Waals surface area (Å²) in [5, 5.41) is 8.90. The van der Waals surface area contributed by atoms with Crippen molar-refractivity contribution in [1.82, 2.24) is 5.48 Å². The first-order valence-electron chi connectivity index (χ1n) is 9.07. The Morgan fingerprint density at radius 1 is 1.03 bits per heavy atom. The lowest BCUT2D eigenvalue weighted by molar-refractivity contribution is -0.129. The number of carbonyl (C=O) groups excluding carboxylic acids is 1. The highest BCUT2D eigenvalue weighted by molar-refractivity contribution is 7.99. The Kier molecular flexibility index (Phi) is 6.71. The molecule has 0 unspecified atom stereocenters. The molecule has 0 aromatic heterocycles. The van der Waals surface area contributed by atoms with Gasteiger partial charge < -0.3 is 9.47 Å². The molecule has 0 aliphatic carbocycles. The zero-order chi connectivity index (χ0) is 20.9. The number of carbonyl (C=O) groups is 1. The van der Waals surface area contributed by atoms with Gasteiger partial charge in [-0.25, -0.2) is 13.9 Å². The maximum Gasteiger partial charge on any atom is 0.244 e. The van der Waals surface area contributed by atoms with Crippen LogP contribution in [0, 0.1) is 0 Å². The smallest absolute Gasteiger partial charge is 0.244 e. The van der Waals surface area contributed by atoms with E-state index in [2.05, 4.69) is 0 Å². The number of thioether (sulfide) groups is 1. The van der Waals surface area contributed by atoms with Crippen molar-refractivity contribution < 1.29 is 27.9 Å². The Hall–Kier alpha value is -2.23. The van der Waals surface area contributed by atoms with Crippen LogP contribution in [0.3, 0.4) is 0 Å². The summed E-state index contributed by atoms with van der Waals surface area (Å²) in [6.45, 7) is 0. The van der Waals surface area contributed by atoms with Crippen LogP contribution in [-0.4, -0.2) is 42.9 Å². The molecular weight excluding hydrogens is 414 g/mol. The SMILES string of the molecule is COc1ccc(Oc2ccc(S(=O)(=O)C3(CC(=O)NO)CCSCC3)cc2)cc1. The third-order valence-electron chi connectivity index (χ3n) is 5.01. The largest absolute Gasteiger partial charge is 0.497 e. The summed E-state index contributed by atoms with van der Waals surface area (Å²) in [5.74, 6) is 2.41. The van der Waals surface area contributed by atoms with E-state index in [9.17, 15) is 13.2 Å². The molecule has 9 heteroatoms. The molecule has 2 aromatic carbocycles. The number of amides is 1. The molecule has 156 valence electrons. The molecule has 7 nitrogen and oxygen atoms in total. The molecule has 0 saturated carbocycles. The van der Waals surface area contributed by atoms with E-state index in [1.54, 1.807) is 60.7 Å². The highest BCUT2D eigenvalue weighted by Crippen LogP contribution is 2.41. The lowest BCUT2D eigenvalue weighted by atomic mass is 9.97. The Labute approximate surface area is 174 Å². The lowest BCUT2D eigenvalue weighted by Crippen LogP contribution is -2.45. The first-order valence-corrected chi connectivity index (χ1v) is 11.7. The van der Waals surface area contributed by atoms with E-state index >= 15 is 0 Å². The number of sulfone groups is 1. The zero-order valence-corrected chi connectivity index (χ0v) is 17.6. The molecule has 2 N–H and O–H groups in total. The van der Waals surface area contributed by atoms with Crippen molar-refractivity contribution in [3.05, 3.63) is 48.5 Å². The number of hydrogen-bond acceptors (Lipinski definition) is 7. The van der Waals surface area contributed by atoms with Crippen LogP contribution in [0.2, 0.25) is 0 Å². The van der Waals surface area contributed by atoms with Gasteiger partial charge in [0.2, 0.25) is 5.91 Å². The molecule has 0 spiro atoms. The van der Waals surface area contributed by atoms with Crippen LogP contribution in [0.25, 0.3) is 0 Å². The van der Waals surface area contributed by atoms with Crippen LogP contribution in [0.1, 0.15) is 19.3 Å². The van der Waals surface area contributed by atoms with E-state index in [1.807, 2.05) is 0 Å². The van der Waals surface area contributed by atoms with Gasteiger partial charge in [0.25, 0.3) is 0 Å². The highest BCUT2D eigenvalue weighted by Gasteiger charge is 2.47. The fraction of sp³-hybridized carbons (Fsp3) is 0.350. The van der Waals surface area contributed by atoms with Gasteiger partial charge in [-0.05, 0) is 72.9 Å². The summed E-state index contributed by atoms with van der Waals surface area (Å²) in [5.41, 5.74) is 1.57. The monoisotopic (exact) mass is 437 g/mol. The van der Waals surface area contributed by atoms with Gasteiger partial charge in [-0.1, -0.05) is 0 Å². The Morgan fingerprint density at radius 2 is 1.55 bits per heavy atom. The fourth-order valence-corrected chi connectivity index (χ4v) is 6.92. The minimum absolute atomic E-state index is 0.136. The number of nitrogens with one attached hydrogen (secondary N) is 1. The van der Waals surface area contributed by atoms with Crippen LogP contribution in [0.15, 0.2) is 53.4 Å². The molecular formula is C20H23NO6S2. The zero-order valence-electron chi connectivity index (χ0n) is 16.0. The van der Waals surface area contributed by atoms with Gasteiger partial charge in [-0.15, -0.1) is 0 Å². The molecule has 0 bridgehead atoms. The van der Waals surface area contributed by atoms with Crippen LogP contribution in [0.4, 0.5) is 0 Å². The minimum atomic E-state index is -3.78. The van der Waals surface area contributed by atoms with Gasteiger partial charge in [-0.3, -0.25) is 10.0 Å². The predicted octanol–water partition coefficient (Wildman–Crippen LogP) is 3.42. The molecule has 1 amide bonds. The number of hydroxylamine groups is 1. The molecule has 1 aliphatic rings. The molecule has 0 radical (unpaired) electrons. The molecule has 1 heterocycles. The number of ether oxygens (including phenoxy) is 2. The normalized spacial score (nSPS) is 16.1. The van der Waals surface area contributed by atoms with E-state index in [4.69, 9.17) is 14.7 Å². The highest BCUT2D eigenvalue weighted by atomic mass is 32.2. The number of benzene rings is 2. The summed E-state index contributed by atoms with van der Waals surface area (Å²) in [6.07, 6.45) is 0.450. The Bertz CT molecular complexity index is 936. The second-order valence-corrected chi connectivity index (χ2v) is 10.3. The third-order valence-corrected chi connectivity index (χ3v) is 8.58. The molecule has 2 aromatic rings. The van der Waals surface area contributed by atoms with Crippen molar-refractivity contribution in [1.29, 1.82) is 0 Å². The number of hydrogen-bond donors (Lipinski definition) is 2. The molecule has 29 heavy (non-hydrogen) atoms. The Morgan fingerprint density at radius 3 is 2.07 bits per heavy atom. The third kappa shape index (κ3) is 4.68. The molecule has 0 atom stereocenters. The standard InChI is InChI=1S/C20H23NO6S2/c1-26-15-2-4-16(5-3-15)27-17-6-8-18(9-7-17)29(24,25)20(14-19(22)21-23)10-12-28-13-11-20/h2-9,23H,10-14H2,1H3,(H,21,22). The van der Waals surface area contributed by atoms with Crippen LogP contribution in [-0.2, 0) is 14.6 Å². The summed E-state index contributed by atoms with van der Waals surface area (Å²) in [6, 6.07) is 13.2. The summed E-state index contributed by atoms with van der Waals surface area (Å²) < 4.78 is 36.4. The summed E-state index contributed by atoms with van der Waals surface area (Å²) in [7, 11) is -2.20. The molecule has 1 aliphatic heterocycles. The summed E-state index contributed by atoms with van der Waals surface area (Å²) >= 11 is 1.66. The van der Waals surface area contributed by atoms with Gasteiger partial charge in [0.1, 0.15) is 17.2 Å². The van der Waals surface area contributed by atoms with Crippen LogP contribution < -0.4 is 15.0 Å². The maximum atomic E-state index is 13.4. The van der Waals surface area contributed by atoms with E-state index in [0.29, 0.717) is 41.6 Å². The second kappa shape index (κ2) is 9.06. The van der Waals surface area contributed by atoms with E-state index in [-0.39, 0.29) is 11.3 Å².